The van der Waals surface area contributed by atoms with Crippen molar-refractivity contribution in [3.05, 3.63) is 33.3 Å². The molecular weight excluding hydrogens is 275 g/mol. The van der Waals surface area contributed by atoms with Gasteiger partial charge in [0, 0.05) is 10.0 Å². The number of hydrogen-bond donors (Lipinski definition) is 1. The van der Waals surface area contributed by atoms with Gasteiger partial charge in [0.05, 0.1) is 10.6 Å². The minimum atomic E-state index is -0.626. The largest absolute Gasteiger partial charge is 0.385 e. The summed E-state index contributed by atoms with van der Waals surface area (Å²) in [6, 6.07) is 5.80. The van der Waals surface area contributed by atoms with E-state index in [-0.39, 0.29) is 0 Å². The maximum atomic E-state index is 10.6. The van der Waals surface area contributed by atoms with Crippen LogP contribution in [0.4, 0.5) is 0 Å². The van der Waals surface area contributed by atoms with Crippen LogP contribution in [0, 0.1) is 11.8 Å². The van der Waals surface area contributed by atoms with Gasteiger partial charge in [-0.05, 0) is 46.7 Å². The second-order valence-corrected chi connectivity index (χ2v) is 5.80. The Morgan fingerprint density at radius 3 is 2.67 bits per heavy atom. The maximum absolute atomic E-state index is 10.6. The first kappa shape index (κ1) is 10.1. The Morgan fingerprint density at radius 1 is 1.33 bits per heavy atom. The molecule has 0 aliphatic heterocycles. The molecule has 0 aromatic heterocycles. The quantitative estimate of drug-likeness (QED) is 0.834. The van der Waals surface area contributed by atoms with E-state index in [1.54, 1.807) is 0 Å². The molecular formula is C12H12BrClO. The molecule has 0 radical (unpaired) electrons. The third-order valence-electron chi connectivity index (χ3n) is 3.92. The molecule has 2 unspecified atom stereocenters. The molecule has 0 heterocycles. The van der Waals surface area contributed by atoms with Gasteiger partial charge in [-0.1, -0.05) is 30.2 Å². The average molecular weight is 288 g/mol. The van der Waals surface area contributed by atoms with Crippen molar-refractivity contribution in [2.45, 2.75) is 24.9 Å². The van der Waals surface area contributed by atoms with Crippen LogP contribution in [0.3, 0.4) is 0 Å². The Morgan fingerprint density at radius 2 is 2.00 bits per heavy atom. The van der Waals surface area contributed by atoms with E-state index in [1.165, 1.54) is 6.42 Å². The number of halogens is 2. The van der Waals surface area contributed by atoms with E-state index in [0.29, 0.717) is 16.9 Å². The summed E-state index contributed by atoms with van der Waals surface area (Å²) in [5.41, 5.74) is 0.285. The van der Waals surface area contributed by atoms with E-state index in [2.05, 4.69) is 15.9 Å². The molecule has 0 saturated heterocycles. The Labute approximate surface area is 103 Å². The lowest BCUT2D eigenvalue weighted by atomic mass is 9.99. The smallest absolute Gasteiger partial charge is 0.0974 e. The molecule has 2 aliphatic carbocycles. The van der Waals surface area contributed by atoms with Gasteiger partial charge in [-0.3, -0.25) is 0 Å². The fraction of sp³-hybridized carbons (Fsp3) is 0.500. The predicted octanol–water partition coefficient (Wildman–Crippen LogP) is 3.72. The van der Waals surface area contributed by atoms with Crippen LogP contribution in [0.15, 0.2) is 22.7 Å². The number of benzene rings is 1. The molecule has 0 spiro atoms. The lowest BCUT2D eigenvalue weighted by molar-refractivity contribution is 0.105. The summed E-state index contributed by atoms with van der Waals surface area (Å²) in [5, 5.41) is 11.3. The summed E-state index contributed by atoms with van der Waals surface area (Å²) in [6.07, 6.45) is 3.54. The van der Waals surface area contributed by atoms with Crippen molar-refractivity contribution >= 4 is 27.5 Å². The van der Waals surface area contributed by atoms with E-state index in [1.807, 2.05) is 18.2 Å². The summed E-state index contributed by atoms with van der Waals surface area (Å²) in [7, 11) is 0. The highest BCUT2D eigenvalue weighted by Gasteiger charge is 2.66. The molecule has 1 aromatic carbocycles. The first-order valence-electron chi connectivity index (χ1n) is 5.32. The summed E-state index contributed by atoms with van der Waals surface area (Å²) in [4.78, 5) is 0. The van der Waals surface area contributed by atoms with Crippen LogP contribution < -0.4 is 0 Å². The second kappa shape index (κ2) is 3.22. The fourth-order valence-electron chi connectivity index (χ4n) is 3.13. The molecule has 15 heavy (non-hydrogen) atoms. The molecule has 0 bridgehead atoms. The number of aliphatic hydroxyl groups is 1. The van der Waals surface area contributed by atoms with Crippen LogP contribution in [-0.2, 0) is 5.60 Å². The summed E-state index contributed by atoms with van der Waals surface area (Å²) >= 11 is 9.63. The minimum Gasteiger partial charge on any atom is -0.385 e. The zero-order valence-corrected chi connectivity index (χ0v) is 10.6. The molecule has 80 valence electrons. The van der Waals surface area contributed by atoms with Crippen molar-refractivity contribution in [3.8, 4) is 0 Å². The van der Waals surface area contributed by atoms with E-state index >= 15 is 0 Å². The third-order valence-corrected chi connectivity index (χ3v) is 5.22. The number of fused-ring (bicyclic) bond motifs is 1. The highest BCUT2D eigenvalue weighted by atomic mass is 79.9. The van der Waals surface area contributed by atoms with Gasteiger partial charge in [0.2, 0.25) is 0 Å². The van der Waals surface area contributed by atoms with Crippen LogP contribution in [0.5, 0.6) is 0 Å². The molecule has 2 aliphatic rings. The Kier molecular flexibility index (Phi) is 2.17. The molecule has 1 N–H and O–H groups in total. The lowest BCUT2D eigenvalue weighted by Gasteiger charge is -2.16. The van der Waals surface area contributed by atoms with Crippen LogP contribution in [-0.4, -0.2) is 5.11 Å². The molecule has 0 amide bonds. The van der Waals surface area contributed by atoms with Crippen molar-refractivity contribution in [2.75, 3.05) is 0 Å². The molecule has 1 aromatic rings. The standard InChI is InChI=1S/C12H12BrClO/c13-10-6-2-5-9(11(10)14)12(15)7-3-1-4-8(7)12/h2,5-8,15H,1,3-4H2. The van der Waals surface area contributed by atoms with E-state index in [0.717, 1.165) is 22.9 Å². The van der Waals surface area contributed by atoms with E-state index < -0.39 is 5.60 Å². The number of hydrogen-bond acceptors (Lipinski definition) is 1. The van der Waals surface area contributed by atoms with Gasteiger partial charge in [0.25, 0.3) is 0 Å². The third kappa shape index (κ3) is 1.25. The van der Waals surface area contributed by atoms with E-state index in [9.17, 15) is 5.11 Å². The Balaban J connectivity index is 2.04. The Hall–Kier alpha value is -0.0500. The topological polar surface area (TPSA) is 20.2 Å². The molecule has 1 nitrogen and oxygen atoms in total. The Bertz CT molecular complexity index is 408. The fourth-order valence-corrected chi connectivity index (χ4v) is 3.78. The molecule has 2 atom stereocenters. The summed E-state index contributed by atoms with van der Waals surface area (Å²) < 4.78 is 0.875. The zero-order chi connectivity index (χ0) is 10.6. The molecule has 3 heteroatoms. The van der Waals surface area contributed by atoms with Gasteiger partial charge in [-0.25, -0.2) is 0 Å². The van der Waals surface area contributed by atoms with Crippen molar-refractivity contribution in [3.63, 3.8) is 0 Å². The van der Waals surface area contributed by atoms with Gasteiger partial charge in [0.15, 0.2) is 0 Å². The normalized spacial score (nSPS) is 37.8. The SMILES string of the molecule is OC1(c2cccc(Br)c2Cl)C2CCCC21. The maximum Gasteiger partial charge on any atom is 0.0974 e. The average Bonchev–Trinajstić information content (AvgIpc) is 2.67. The summed E-state index contributed by atoms with van der Waals surface area (Å²) in [6.45, 7) is 0. The predicted molar refractivity (Wildman–Crippen MR) is 63.9 cm³/mol. The second-order valence-electron chi connectivity index (χ2n) is 4.57. The summed E-state index contributed by atoms with van der Waals surface area (Å²) in [5.74, 6) is 0.897. The number of rotatable bonds is 1. The molecule has 3 rings (SSSR count). The van der Waals surface area contributed by atoms with Crippen molar-refractivity contribution in [2.24, 2.45) is 11.8 Å². The lowest BCUT2D eigenvalue weighted by Crippen LogP contribution is -2.13. The highest BCUT2D eigenvalue weighted by Crippen LogP contribution is 2.67. The van der Waals surface area contributed by atoms with Crippen molar-refractivity contribution < 1.29 is 5.11 Å². The van der Waals surface area contributed by atoms with E-state index in [4.69, 9.17) is 11.6 Å². The zero-order valence-electron chi connectivity index (χ0n) is 8.21. The van der Waals surface area contributed by atoms with Crippen LogP contribution in [0.1, 0.15) is 24.8 Å². The van der Waals surface area contributed by atoms with Crippen molar-refractivity contribution in [1.29, 1.82) is 0 Å². The van der Waals surface area contributed by atoms with Crippen LogP contribution in [0.2, 0.25) is 5.02 Å². The highest BCUT2D eigenvalue weighted by molar-refractivity contribution is 9.10. The van der Waals surface area contributed by atoms with Gasteiger partial charge in [-0.2, -0.15) is 0 Å². The van der Waals surface area contributed by atoms with Gasteiger partial charge in [0.1, 0.15) is 0 Å². The van der Waals surface area contributed by atoms with Crippen LogP contribution >= 0.6 is 27.5 Å². The monoisotopic (exact) mass is 286 g/mol. The molecule has 2 saturated carbocycles. The first-order valence-corrected chi connectivity index (χ1v) is 6.49. The van der Waals surface area contributed by atoms with Gasteiger partial charge in [-0.15, -0.1) is 0 Å². The minimum absolute atomic E-state index is 0.448. The molecule has 2 fully saturated rings. The van der Waals surface area contributed by atoms with Gasteiger partial charge < -0.3 is 5.11 Å². The van der Waals surface area contributed by atoms with Gasteiger partial charge >= 0.3 is 0 Å². The first-order chi connectivity index (χ1) is 7.15. The van der Waals surface area contributed by atoms with Crippen molar-refractivity contribution in [1.82, 2.24) is 0 Å². The van der Waals surface area contributed by atoms with Crippen LogP contribution in [0.25, 0.3) is 0 Å².